The number of hydrogen-bond acceptors (Lipinski definition) is 6. The van der Waals surface area contributed by atoms with Crippen molar-refractivity contribution in [2.45, 2.75) is 17.9 Å². The fourth-order valence-corrected chi connectivity index (χ4v) is 4.86. The van der Waals surface area contributed by atoms with Gasteiger partial charge in [0.2, 0.25) is 5.91 Å². The van der Waals surface area contributed by atoms with E-state index in [0.29, 0.717) is 11.7 Å². The summed E-state index contributed by atoms with van der Waals surface area (Å²) < 4.78 is 21.4. The highest BCUT2D eigenvalue weighted by Crippen LogP contribution is 2.32. The van der Waals surface area contributed by atoms with Crippen molar-refractivity contribution >= 4 is 44.4 Å². The van der Waals surface area contributed by atoms with Crippen LogP contribution in [0.2, 0.25) is 0 Å². The number of benzene rings is 2. The lowest BCUT2D eigenvalue weighted by molar-refractivity contribution is -0.116. The number of carbonyl (C=O) groups excluding carboxylic acids is 1. The maximum atomic E-state index is 13.1. The number of hydrogen-bond donors (Lipinski definition) is 0. The zero-order valence-corrected chi connectivity index (χ0v) is 18.5. The minimum atomic E-state index is -0.290. The number of ether oxygens (including phenoxy) is 1. The summed E-state index contributed by atoms with van der Waals surface area (Å²) in [6.07, 6.45) is 6.17. The third kappa shape index (κ3) is 5.42. The standard InChI is InChI=1S/C22H21FN4O2S2/c1-29-17-5-8-19-20(13-17)31-22(25-19)27(11-2-10-26-12-9-24-15-26)21(28)14-30-18-6-3-16(23)4-7-18/h3-9,12-13,15H,2,10-11,14H2,1H3. The van der Waals surface area contributed by atoms with Crippen LogP contribution in [0.5, 0.6) is 5.75 Å². The van der Waals surface area contributed by atoms with Gasteiger partial charge in [0.05, 0.1) is 29.4 Å². The van der Waals surface area contributed by atoms with E-state index in [2.05, 4.69) is 9.97 Å². The van der Waals surface area contributed by atoms with Gasteiger partial charge < -0.3 is 9.30 Å². The molecule has 0 aliphatic carbocycles. The summed E-state index contributed by atoms with van der Waals surface area (Å²) in [5.74, 6) is 0.677. The molecule has 31 heavy (non-hydrogen) atoms. The fraction of sp³-hybridized carbons (Fsp3) is 0.227. The number of rotatable bonds is 9. The number of carbonyl (C=O) groups is 1. The predicted molar refractivity (Wildman–Crippen MR) is 122 cm³/mol. The summed E-state index contributed by atoms with van der Waals surface area (Å²) >= 11 is 2.86. The van der Waals surface area contributed by atoms with Crippen LogP contribution in [0.25, 0.3) is 10.2 Å². The van der Waals surface area contributed by atoms with Crippen molar-refractivity contribution in [1.82, 2.24) is 14.5 Å². The summed E-state index contributed by atoms with van der Waals surface area (Å²) in [5, 5.41) is 0.665. The second kappa shape index (κ2) is 9.93. The third-order valence-corrected chi connectivity index (χ3v) is 6.69. The molecule has 0 atom stereocenters. The number of nitrogens with zero attached hydrogens (tertiary/aromatic N) is 4. The van der Waals surface area contributed by atoms with Gasteiger partial charge in [-0.1, -0.05) is 11.3 Å². The second-order valence-corrected chi connectivity index (χ2v) is 8.83. The Morgan fingerprint density at radius 2 is 2.10 bits per heavy atom. The topological polar surface area (TPSA) is 60.2 Å². The average molecular weight is 457 g/mol. The van der Waals surface area contributed by atoms with Crippen molar-refractivity contribution in [2.75, 3.05) is 24.3 Å². The molecule has 0 aliphatic rings. The molecule has 4 rings (SSSR count). The van der Waals surface area contributed by atoms with E-state index < -0.39 is 0 Å². The molecular weight excluding hydrogens is 435 g/mol. The summed E-state index contributed by atoms with van der Waals surface area (Å²) in [5.41, 5.74) is 0.833. The van der Waals surface area contributed by atoms with Gasteiger partial charge in [-0.2, -0.15) is 0 Å². The molecule has 2 heterocycles. The first kappa shape index (κ1) is 21.3. The Bertz CT molecular complexity index is 1150. The van der Waals surface area contributed by atoms with E-state index in [9.17, 15) is 9.18 Å². The summed E-state index contributed by atoms with van der Waals surface area (Å²) in [4.78, 5) is 24.5. The van der Waals surface area contributed by atoms with E-state index in [1.807, 2.05) is 29.0 Å². The maximum absolute atomic E-state index is 13.1. The molecule has 4 aromatic rings. The van der Waals surface area contributed by atoms with E-state index in [1.54, 1.807) is 36.7 Å². The predicted octanol–water partition coefficient (Wildman–Crippen LogP) is 4.86. The fourth-order valence-electron chi connectivity index (χ4n) is 3.05. The number of aromatic nitrogens is 3. The number of methoxy groups -OCH3 is 1. The number of amides is 1. The molecule has 0 bridgehead atoms. The van der Waals surface area contributed by atoms with E-state index >= 15 is 0 Å². The van der Waals surface area contributed by atoms with Crippen LogP contribution in [0.15, 0.2) is 66.1 Å². The number of thioether (sulfide) groups is 1. The molecule has 160 valence electrons. The van der Waals surface area contributed by atoms with Gasteiger partial charge in [-0.15, -0.1) is 11.8 Å². The molecule has 6 nitrogen and oxygen atoms in total. The largest absolute Gasteiger partial charge is 0.497 e. The SMILES string of the molecule is COc1ccc2nc(N(CCCn3ccnc3)C(=O)CSc3ccc(F)cc3)sc2c1. The van der Waals surface area contributed by atoms with Gasteiger partial charge in [0.1, 0.15) is 11.6 Å². The van der Waals surface area contributed by atoms with E-state index in [1.165, 1.54) is 35.2 Å². The summed E-state index contributed by atoms with van der Waals surface area (Å²) in [7, 11) is 1.63. The van der Waals surface area contributed by atoms with Crippen LogP contribution in [0.4, 0.5) is 9.52 Å². The van der Waals surface area contributed by atoms with Crippen LogP contribution in [0.1, 0.15) is 6.42 Å². The van der Waals surface area contributed by atoms with Crippen molar-refractivity contribution in [3.63, 3.8) is 0 Å². The van der Waals surface area contributed by atoms with E-state index in [0.717, 1.165) is 33.8 Å². The average Bonchev–Trinajstić information content (AvgIpc) is 3.45. The number of halogens is 1. The number of fused-ring (bicyclic) bond motifs is 1. The Morgan fingerprint density at radius 3 is 2.84 bits per heavy atom. The molecule has 0 saturated heterocycles. The molecule has 0 spiro atoms. The molecule has 1 amide bonds. The smallest absolute Gasteiger partial charge is 0.239 e. The molecule has 2 aromatic carbocycles. The zero-order chi connectivity index (χ0) is 21.6. The lowest BCUT2D eigenvalue weighted by atomic mass is 10.3. The first-order chi connectivity index (χ1) is 15.1. The molecule has 2 aromatic heterocycles. The van der Waals surface area contributed by atoms with Gasteiger partial charge in [0, 0.05) is 30.4 Å². The number of thiazole rings is 1. The van der Waals surface area contributed by atoms with Gasteiger partial charge in [0.15, 0.2) is 5.13 Å². The first-order valence-corrected chi connectivity index (χ1v) is 11.5. The molecule has 9 heteroatoms. The Hall–Kier alpha value is -2.91. The Morgan fingerprint density at radius 1 is 1.26 bits per heavy atom. The van der Waals surface area contributed by atoms with Crippen LogP contribution in [-0.4, -0.2) is 39.8 Å². The third-order valence-electron chi connectivity index (χ3n) is 4.65. The van der Waals surface area contributed by atoms with Crippen molar-refractivity contribution < 1.29 is 13.9 Å². The molecule has 0 fully saturated rings. The van der Waals surface area contributed by atoms with Crippen molar-refractivity contribution in [3.05, 3.63) is 67.0 Å². The zero-order valence-electron chi connectivity index (χ0n) is 16.9. The van der Waals surface area contributed by atoms with Gasteiger partial charge in [-0.25, -0.2) is 14.4 Å². The second-order valence-electron chi connectivity index (χ2n) is 6.77. The highest BCUT2D eigenvalue weighted by atomic mass is 32.2. The number of imidazole rings is 1. The normalized spacial score (nSPS) is 11.0. The monoisotopic (exact) mass is 456 g/mol. The van der Waals surface area contributed by atoms with Crippen LogP contribution in [0, 0.1) is 5.82 Å². The molecular formula is C22H21FN4O2S2. The Kier molecular flexibility index (Phi) is 6.83. The molecule has 0 N–H and O–H groups in total. The van der Waals surface area contributed by atoms with Gasteiger partial charge in [-0.05, 0) is 48.9 Å². The maximum Gasteiger partial charge on any atom is 0.239 e. The van der Waals surface area contributed by atoms with Gasteiger partial charge >= 0.3 is 0 Å². The van der Waals surface area contributed by atoms with Crippen molar-refractivity contribution in [3.8, 4) is 5.75 Å². The van der Waals surface area contributed by atoms with Gasteiger partial charge in [0.25, 0.3) is 0 Å². The van der Waals surface area contributed by atoms with Gasteiger partial charge in [-0.3, -0.25) is 9.69 Å². The lowest BCUT2D eigenvalue weighted by Crippen LogP contribution is -2.33. The minimum absolute atomic E-state index is 0.0361. The minimum Gasteiger partial charge on any atom is -0.497 e. The van der Waals surface area contributed by atoms with Crippen LogP contribution >= 0.6 is 23.1 Å². The number of aryl methyl sites for hydroxylation is 1. The van der Waals surface area contributed by atoms with Crippen molar-refractivity contribution in [2.24, 2.45) is 0 Å². The highest BCUT2D eigenvalue weighted by molar-refractivity contribution is 8.00. The molecule has 0 unspecified atom stereocenters. The molecule has 0 aliphatic heterocycles. The highest BCUT2D eigenvalue weighted by Gasteiger charge is 2.20. The molecule has 0 radical (unpaired) electrons. The Balaban J connectivity index is 1.51. The van der Waals surface area contributed by atoms with E-state index in [-0.39, 0.29) is 17.5 Å². The van der Waals surface area contributed by atoms with E-state index in [4.69, 9.17) is 4.74 Å². The summed E-state index contributed by atoms with van der Waals surface area (Å²) in [6, 6.07) is 11.9. The first-order valence-electron chi connectivity index (χ1n) is 9.71. The van der Waals surface area contributed by atoms with Crippen LogP contribution in [-0.2, 0) is 11.3 Å². The summed E-state index contributed by atoms with van der Waals surface area (Å²) in [6.45, 7) is 1.30. The van der Waals surface area contributed by atoms with Crippen molar-refractivity contribution in [1.29, 1.82) is 0 Å². The number of anilines is 1. The Labute approximate surface area is 187 Å². The van der Waals surface area contributed by atoms with Crippen LogP contribution < -0.4 is 9.64 Å². The lowest BCUT2D eigenvalue weighted by Gasteiger charge is -2.20. The molecule has 0 saturated carbocycles. The quantitative estimate of drug-likeness (QED) is 0.337. The van der Waals surface area contributed by atoms with Crippen LogP contribution in [0.3, 0.4) is 0 Å².